The van der Waals surface area contributed by atoms with E-state index in [2.05, 4.69) is 12.2 Å². The number of primary amides is 1. The summed E-state index contributed by atoms with van der Waals surface area (Å²) in [7, 11) is 0. The minimum absolute atomic E-state index is 0.0199. The Hall–Kier alpha value is -0.650. The van der Waals surface area contributed by atoms with Crippen LogP contribution in [0, 0.1) is 0 Å². The molecule has 0 spiro atoms. The quantitative estimate of drug-likeness (QED) is 0.534. The fourth-order valence-corrected chi connectivity index (χ4v) is 2.20. The Morgan fingerprint density at radius 2 is 2.10 bits per heavy atom. The van der Waals surface area contributed by atoms with E-state index < -0.39 is 5.54 Å². The smallest absolute Gasteiger partial charge is 0.237 e. The van der Waals surface area contributed by atoms with Gasteiger partial charge in [0.15, 0.2) is 0 Å². The van der Waals surface area contributed by atoms with Crippen LogP contribution in [-0.2, 0) is 14.3 Å². The number of amides is 1. The maximum Gasteiger partial charge on any atom is 0.237 e. The van der Waals surface area contributed by atoms with Crippen molar-refractivity contribution in [2.24, 2.45) is 5.73 Å². The molecule has 20 heavy (non-hydrogen) atoms. The molecule has 1 amide bonds. The summed E-state index contributed by atoms with van der Waals surface area (Å²) in [6.07, 6.45) is 5.05. The minimum Gasteiger partial charge on any atom is -0.379 e. The first kappa shape index (κ1) is 17.4. The predicted molar refractivity (Wildman–Crippen MR) is 79.5 cm³/mol. The Bertz CT molecular complexity index is 295. The first-order chi connectivity index (χ1) is 9.48. The van der Waals surface area contributed by atoms with E-state index in [0.717, 1.165) is 32.3 Å². The molecule has 0 aromatic heterocycles. The highest BCUT2D eigenvalue weighted by atomic mass is 16.5. The molecule has 0 aromatic carbocycles. The molecule has 2 unspecified atom stereocenters. The molecule has 0 bridgehead atoms. The lowest BCUT2D eigenvalue weighted by Gasteiger charge is -2.30. The highest BCUT2D eigenvalue weighted by Gasteiger charge is 2.38. The van der Waals surface area contributed by atoms with Crippen molar-refractivity contribution in [1.82, 2.24) is 5.32 Å². The summed E-state index contributed by atoms with van der Waals surface area (Å²) in [4.78, 5) is 11.6. The fourth-order valence-electron chi connectivity index (χ4n) is 2.20. The number of hydrogen-bond donors (Lipinski definition) is 2. The normalized spacial score (nSPS) is 19.6. The van der Waals surface area contributed by atoms with Gasteiger partial charge in [0.2, 0.25) is 5.91 Å². The second-order valence-electron chi connectivity index (χ2n) is 5.97. The molecule has 1 rings (SSSR count). The van der Waals surface area contributed by atoms with Crippen LogP contribution in [0.4, 0.5) is 0 Å². The number of hydrogen-bond acceptors (Lipinski definition) is 4. The summed E-state index contributed by atoms with van der Waals surface area (Å²) in [5.41, 5.74) is 4.85. The van der Waals surface area contributed by atoms with Gasteiger partial charge in [0.1, 0.15) is 0 Å². The third kappa shape index (κ3) is 6.68. The van der Waals surface area contributed by atoms with Crippen molar-refractivity contribution >= 4 is 5.91 Å². The third-order valence-electron chi connectivity index (χ3n) is 3.61. The molecular weight excluding hydrogens is 256 g/mol. The topological polar surface area (TPSA) is 73.6 Å². The minimum atomic E-state index is -0.677. The molecule has 2 atom stereocenters. The zero-order chi connectivity index (χ0) is 15.0. The van der Waals surface area contributed by atoms with Crippen LogP contribution in [0.1, 0.15) is 52.9 Å². The maximum atomic E-state index is 11.6. The lowest BCUT2D eigenvalue weighted by atomic mass is 9.93. The highest BCUT2D eigenvalue weighted by molar-refractivity contribution is 5.84. The molecule has 1 aliphatic rings. The van der Waals surface area contributed by atoms with Gasteiger partial charge in [-0.2, -0.15) is 0 Å². The molecule has 1 aliphatic carbocycles. The van der Waals surface area contributed by atoms with Crippen molar-refractivity contribution in [1.29, 1.82) is 0 Å². The van der Waals surface area contributed by atoms with Crippen molar-refractivity contribution in [3.63, 3.8) is 0 Å². The summed E-state index contributed by atoms with van der Waals surface area (Å²) < 4.78 is 11.1. The molecule has 1 saturated carbocycles. The average molecular weight is 286 g/mol. The van der Waals surface area contributed by atoms with Crippen LogP contribution in [-0.4, -0.2) is 43.4 Å². The van der Waals surface area contributed by atoms with E-state index in [1.54, 1.807) is 0 Å². The van der Waals surface area contributed by atoms with Crippen LogP contribution in [0.3, 0.4) is 0 Å². The standard InChI is InChI=1S/C15H30N2O3/c1-4-5-8-19-9-10-20-12(2)11-15(3,14(16)18)17-13-6-7-13/h12-13,17H,4-11H2,1-3H3,(H2,16,18). The Labute approximate surface area is 122 Å². The van der Waals surface area contributed by atoms with Crippen molar-refractivity contribution in [3.8, 4) is 0 Å². The number of nitrogens with one attached hydrogen (secondary N) is 1. The number of unbranched alkanes of at least 4 members (excludes halogenated alkanes) is 1. The SMILES string of the molecule is CCCCOCCOC(C)CC(C)(NC1CC1)C(N)=O. The van der Waals surface area contributed by atoms with Gasteiger partial charge in [-0.3, -0.25) is 4.79 Å². The van der Waals surface area contributed by atoms with Crippen LogP contribution >= 0.6 is 0 Å². The van der Waals surface area contributed by atoms with E-state index in [-0.39, 0.29) is 12.0 Å². The highest BCUT2D eigenvalue weighted by Crippen LogP contribution is 2.25. The van der Waals surface area contributed by atoms with Gasteiger partial charge in [-0.15, -0.1) is 0 Å². The Morgan fingerprint density at radius 3 is 2.65 bits per heavy atom. The van der Waals surface area contributed by atoms with E-state index in [1.165, 1.54) is 0 Å². The lowest BCUT2D eigenvalue weighted by Crippen LogP contribution is -2.55. The second-order valence-corrected chi connectivity index (χ2v) is 5.97. The fraction of sp³-hybridized carbons (Fsp3) is 0.933. The van der Waals surface area contributed by atoms with Gasteiger partial charge >= 0.3 is 0 Å². The molecular formula is C15H30N2O3. The van der Waals surface area contributed by atoms with Gasteiger partial charge in [0.05, 0.1) is 24.9 Å². The van der Waals surface area contributed by atoms with E-state index in [4.69, 9.17) is 15.2 Å². The Balaban J connectivity index is 2.20. The zero-order valence-electron chi connectivity index (χ0n) is 13.1. The van der Waals surface area contributed by atoms with E-state index in [0.29, 0.717) is 25.7 Å². The summed E-state index contributed by atoms with van der Waals surface area (Å²) in [6, 6.07) is 0.442. The number of ether oxygens (including phenoxy) is 2. The molecule has 0 aliphatic heterocycles. The molecule has 5 heteroatoms. The average Bonchev–Trinajstić information content (AvgIpc) is 3.17. The molecule has 1 fully saturated rings. The summed E-state index contributed by atoms with van der Waals surface area (Å²) in [6.45, 7) is 7.93. The molecule has 118 valence electrons. The predicted octanol–water partition coefficient (Wildman–Crippen LogP) is 1.59. The summed E-state index contributed by atoms with van der Waals surface area (Å²) in [5.74, 6) is -0.306. The summed E-state index contributed by atoms with van der Waals surface area (Å²) in [5, 5.41) is 3.33. The van der Waals surface area contributed by atoms with E-state index in [1.807, 2.05) is 13.8 Å². The monoisotopic (exact) mass is 286 g/mol. The maximum absolute atomic E-state index is 11.6. The number of rotatable bonds is 12. The van der Waals surface area contributed by atoms with Gasteiger partial charge in [-0.1, -0.05) is 13.3 Å². The van der Waals surface area contributed by atoms with Crippen LogP contribution in [0.2, 0.25) is 0 Å². The number of nitrogens with two attached hydrogens (primary N) is 1. The molecule has 0 saturated heterocycles. The number of carbonyl (C=O) groups is 1. The van der Waals surface area contributed by atoms with Crippen LogP contribution in [0.25, 0.3) is 0 Å². The Morgan fingerprint density at radius 1 is 1.40 bits per heavy atom. The van der Waals surface area contributed by atoms with Crippen molar-refractivity contribution < 1.29 is 14.3 Å². The molecule has 0 heterocycles. The van der Waals surface area contributed by atoms with Crippen LogP contribution in [0.15, 0.2) is 0 Å². The first-order valence-electron chi connectivity index (χ1n) is 7.75. The van der Waals surface area contributed by atoms with Crippen molar-refractivity contribution in [2.45, 2.75) is 70.6 Å². The van der Waals surface area contributed by atoms with Gasteiger partial charge < -0.3 is 20.5 Å². The Kier molecular flexibility index (Phi) is 7.48. The first-order valence-corrected chi connectivity index (χ1v) is 7.75. The lowest BCUT2D eigenvalue weighted by molar-refractivity contribution is -0.125. The molecule has 0 radical (unpaired) electrons. The van der Waals surface area contributed by atoms with Crippen LogP contribution < -0.4 is 11.1 Å². The third-order valence-corrected chi connectivity index (χ3v) is 3.61. The second kappa shape index (κ2) is 8.60. The largest absolute Gasteiger partial charge is 0.379 e. The van der Waals surface area contributed by atoms with Crippen LogP contribution in [0.5, 0.6) is 0 Å². The van der Waals surface area contributed by atoms with Gasteiger partial charge in [0.25, 0.3) is 0 Å². The van der Waals surface area contributed by atoms with Gasteiger partial charge in [-0.05, 0) is 33.1 Å². The van der Waals surface area contributed by atoms with Crippen molar-refractivity contribution in [2.75, 3.05) is 19.8 Å². The van der Waals surface area contributed by atoms with E-state index in [9.17, 15) is 4.79 Å². The van der Waals surface area contributed by atoms with Gasteiger partial charge in [-0.25, -0.2) is 0 Å². The number of carbonyl (C=O) groups excluding carboxylic acids is 1. The molecule has 3 N–H and O–H groups in total. The van der Waals surface area contributed by atoms with Gasteiger partial charge in [0, 0.05) is 19.1 Å². The molecule has 5 nitrogen and oxygen atoms in total. The summed E-state index contributed by atoms with van der Waals surface area (Å²) >= 11 is 0. The zero-order valence-corrected chi connectivity index (χ0v) is 13.1. The molecule has 0 aromatic rings. The van der Waals surface area contributed by atoms with E-state index >= 15 is 0 Å². The van der Waals surface area contributed by atoms with Crippen molar-refractivity contribution in [3.05, 3.63) is 0 Å².